The molecule has 7 nitrogen and oxygen atoms in total. The smallest absolute Gasteiger partial charge is 0.265 e. The summed E-state index contributed by atoms with van der Waals surface area (Å²) in [5, 5.41) is 0. The van der Waals surface area contributed by atoms with Gasteiger partial charge in [-0.05, 0) is 6.42 Å². The standard InChI is InChI=1S/C27H58NO6P/c1-6-7-8-9-10-11-12-13-14-15-16-17-18-19-20-21-22-33-25-27(32-5)23-26(28(2,3)4)24-34-35(29,30)31/h26-27H,6-25H2,1-5H3,(H-,29,30,31). The highest BCUT2D eigenvalue weighted by Gasteiger charge is 2.29. The van der Waals surface area contributed by atoms with Crippen LogP contribution in [0, 0.1) is 0 Å². The molecule has 3 unspecified atom stereocenters. The normalized spacial score (nSPS) is 15.7. The van der Waals surface area contributed by atoms with Gasteiger partial charge in [0.15, 0.2) is 0 Å². The zero-order valence-corrected chi connectivity index (χ0v) is 24.6. The summed E-state index contributed by atoms with van der Waals surface area (Å²) in [5.74, 6) is 0. The molecule has 0 aromatic heterocycles. The average Bonchev–Trinajstić information content (AvgIpc) is 2.78. The maximum atomic E-state index is 11.0. The molecule has 3 atom stereocenters. The molecule has 0 rings (SSSR count). The molecular weight excluding hydrogens is 465 g/mol. The lowest BCUT2D eigenvalue weighted by Gasteiger charge is -2.36. The third-order valence-electron chi connectivity index (χ3n) is 6.84. The summed E-state index contributed by atoms with van der Waals surface area (Å²) >= 11 is 0. The minimum Gasteiger partial charge on any atom is -0.756 e. The Morgan fingerprint density at radius 3 is 1.57 bits per heavy atom. The lowest BCUT2D eigenvalue weighted by molar-refractivity contribution is -0.897. The minimum absolute atomic E-state index is 0.0836. The van der Waals surface area contributed by atoms with E-state index in [0.717, 1.165) is 13.0 Å². The van der Waals surface area contributed by atoms with Gasteiger partial charge in [-0.2, -0.15) is 0 Å². The summed E-state index contributed by atoms with van der Waals surface area (Å²) in [7, 11) is 2.80. The molecular formula is C27H58NO6P. The van der Waals surface area contributed by atoms with E-state index in [-0.39, 0.29) is 18.8 Å². The van der Waals surface area contributed by atoms with Crippen molar-refractivity contribution in [2.75, 3.05) is 48.1 Å². The number of phosphoric ester groups is 1. The maximum Gasteiger partial charge on any atom is 0.265 e. The SMILES string of the molecule is CCCCCCCCCCCCCCCCCCOCC(CC(COP(=O)([O-])O)[N+](C)(C)C)OC. The average molecular weight is 524 g/mol. The molecule has 0 saturated carbocycles. The fraction of sp³-hybridized carbons (Fsp3) is 1.00. The first-order valence-corrected chi connectivity index (χ1v) is 15.7. The molecule has 0 aliphatic carbocycles. The molecule has 0 spiro atoms. The van der Waals surface area contributed by atoms with Crippen LogP contribution in [0.5, 0.6) is 0 Å². The first-order chi connectivity index (χ1) is 16.6. The molecule has 0 saturated heterocycles. The number of likely N-dealkylation sites (N-methyl/N-ethyl adjacent to an activating group) is 1. The molecule has 0 aromatic rings. The summed E-state index contributed by atoms with van der Waals surface area (Å²) in [4.78, 5) is 19.9. The monoisotopic (exact) mass is 523 g/mol. The second kappa shape index (κ2) is 22.0. The van der Waals surface area contributed by atoms with E-state index in [0.29, 0.717) is 17.5 Å². The molecule has 1 N–H and O–H groups in total. The van der Waals surface area contributed by atoms with Crippen LogP contribution in [-0.4, -0.2) is 69.6 Å². The van der Waals surface area contributed by atoms with Crippen LogP contribution in [0.1, 0.15) is 116 Å². The predicted molar refractivity (Wildman–Crippen MR) is 143 cm³/mol. The van der Waals surface area contributed by atoms with Crippen molar-refractivity contribution in [2.45, 2.75) is 128 Å². The van der Waals surface area contributed by atoms with Gasteiger partial charge < -0.3 is 28.3 Å². The molecule has 0 heterocycles. The highest BCUT2D eigenvalue weighted by molar-refractivity contribution is 7.44. The van der Waals surface area contributed by atoms with Crippen molar-refractivity contribution in [3.8, 4) is 0 Å². The Morgan fingerprint density at radius 1 is 0.771 bits per heavy atom. The molecule has 0 aliphatic heterocycles. The Balaban J connectivity index is 3.66. The predicted octanol–water partition coefficient (Wildman–Crippen LogP) is 6.22. The van der Waals surface area contributed by atoms with Crippen molar-refractivity contribution in [2.24, 2.45) is 0 Å². The summed E-state index contributed by atoms with van der Waals surface area (Å²) in [6.45, 7) is 3.38. The van der Waals surface area contributed by atoms with Crippen LogP contribution in [0.15, 0.2) is 0 Å². The van der Waals surface area contributed by atoms with Crippen LogP contribution in [0.2, 0.25) is 0 Å². The summed E-state index contributed by atoms with van der Waals surface area (Å²) in [6.07, 6.45) is 22.1. The van der Waals surface area contributed by atoms with Crippen molar-refractivity contribution in [1.82, 2.24) is 0 Å². The molecule has 0 bridgehead atoms. The number of quaternary nitrogens is 1. The van der Waals surface area contributed by atoms with E-state index in [1.165, 1.54) is 96.3 Å². The van der Waals surface area contributed by atoms with Crippen LogP contribution in [0.25, 0.3) is 0 Å². The second-order valence-corrected chi connectivity index (χ2v) is 12.2. The largest absolute Gasteiger partial charge is 0.756 e. The van der Waals surface area contributed by atoms with Gasteiger partial charge in [0.25, 0.3) is 7.82 Å². The molecule has 0 fully saturated rings. The highest BCUT2D eigenvalue weighted by atomic mass is 31.2. The summed E-state index contributed by atoms with van der Waals surface area (Å²) in [5.41, 5.74) is 0. The van der Waals surface area contributed by atoms with Gasteiger partial charge in [0.2, 0.25) is 0 Å². The van der Waals surface area contributed by atoms with Gasteiger partial charge >= 0.3 is 0 Å². The number of rotatable bonds is 26. The lowest BCUT2D eigenvalue weighted by Crippen LogP contribution is -2.50. The van der Waals surface area contributed by atoms with Gasteiger partial charge in [0, 0.05) is 20.1 Å². The van der Waals surface area contributed by atoms with Gasteiger partial charge in [-0.15, -0.1) is 0 Å². The number of methoxy groups -OCH3 is 1. The quantitative estimate of drug-likeness (QED) is 0.0822. The number of hydrogen-bond donors (Lipinski definition) is 1. The van der Waals surface area contributed by atoms with Crippen LogP contribution < -0.4 is 4.89 Å². The van der Waals surface area contributed by atoms with E-state index in [1.54, 1.807) is 7.11 Å². The van der Waals surface area contributed by atoms with Gasteiger partial charge in [0.05, 0.1) is 33.9 Å². The van der Waals surface area contributed by atoms with E-state index >= 15 is 0 Å². The number of hydrogen-bond acceptors (Lipinski definition) is 5. The van der Waals surface area contributed by atoms with Crippen LogP contribution in [0.4, 0.5) is 0 Å². The Hall–Kier alpha value is -0.0100. The van der Waals surface area contributed by atoms with Crippen molar-refractivity contribution in [1.29, 1.82) is 0 Å². The Morgan fingerprint density at radius 2 is 1.20 bits per heavy atom. The van der Waals surface area contributed by atoms with E-state index < -0.39 is 7.82 Å². The second-order valence-electron chi connectivity index (χ2n) is 11.0. The fourth-order valence-corrected chi connectivity index (χ4v) is 4.65. The Kier molecular flexibility index (Phi) is 22.0. The fourth-order valence-electron chi connectivity index (χ4n) is 4.29. The topological polar surface area (TPSA) is 88.1 Å². The van der Waals surface area contributed by atoms with Gasteiger partial charge in [-0.1, -0.05) is 103 Å². The highest BCUT2D eigenvalue weighted by Crippen LogP contribution is 2.31. The van der Waals surface area contributed by atoms with E-state index in [9.17, 15) is 9.46 Å². The maximum absolute atomic E-state index is 11.0. The van der Waals surface area contributed by atoms with Crippen LogP contribution in [0.3, 0.4) is 0 Å². The van der Waals surface area contributed by atoms with E-state index in [2.05, 4.69) is 11.4 Å². The van der Waals surface area contributed by atoms with Gasteiger partial charge in [-0.25, -0.2) is 0 Å². The van der Waals surface area contributed by atoms with E-state index in [4.69, 9.17) is 14.4 Å². The van der Waals surface area contributed by atoms with Crippen molar-refractivity contribution < 1.29 is 32.8 Å². The number of nitrogens with zero attached hydrogens (tertiary/aromatic N) is 1. The zero-order chi connectivity index (χ0) is 26.4. The van der Waals surface area contributed by atoms with Crippen molar-refractivity contribution in [3.05, 3.63) is 0 Å². The van der Waals surface area contributed by atoms with Crippen LogP contribution >= 0.6 is 7.82 Å². The first-order valence-electron chi connectivity index (χ1n) is 14.2. The molecule has 212 valence electrons. The number of phosphoric acid groups is 1. The Bertz CT molecular complexity index is 508. The summed E-state index contributed by atoms with van der Waals surface area (Å²) in [6, 6.07) is -0.145. The molecule has 0 aromatic carbocycles. The molecule has 35 heavy (non-hydrogen) atoms. The lowest BCUT2D eigenvalue weighted by atomic mass is 10.0. The van der Waals surface area contributed by atoms with E-state index in [1.807, 2.05) is 21.1 Å². The number of ether oxygens (including phenoxy) is 2. The van der Waals surface area contributed by atoms with Crippen LogP contribution in [-0.2, 0) is 18.6 Å². The van der Waals surface area contributed by atoms with Gasteiger partial charge in [0.1, 0.15) is 12.6 Å². The first kappa shape index (κ1) is 35.0. The molecule has 0 aliphatic rings. The molecule has 0 amide bonds. The molecule has 0 radical (unpaired) electrons. The third kappa shape index (κ3) is 24.1. The van der Waals surface area contributed by atoms with Gasteiger partial charge in [-0.3, -0.25) is 4.57 Å². The zero-order valence-electron chi connectivity index (χ0n) is 23.7. The summed E-state index contributed by atoms with van der Waals surface area (Å²) < 4.78 is 27.5. The Labute approximate surface area is 217 Å². The van der Waals surface area contributed by atoms with Crippen molar-refractivity contribution in [3.63, 3.8) is 0 Å². The minimum atomic E-state index is -4.73. The van der Waals surface area contributed by atoms with Crippen molar-refractivity contribution >= 4 is 7.82 Å². The number of unbranched alkanes of at least 4 members (excludes halogenated alkanes) is 15. The third-order valence-corrected chi connectivity index (χ3v) is 7.32. The molecule has 8 heteroatoms.